The van der Waals surface area contributed by atoms with Gasteiger partial charge in [0.1, 0.15) is 11.5 Å². The maximum absolute atomic E-state index is 6.87. The lowest BCUT2D eigenvalue weighted by Crippen LogP contribution is -2.24. The average molecular weight is 619 g/mol. The van der Waals surface area contributed by atoms with E-state index in [0.717, 1.165) is 17.1 Å². The lowest BCUT2D eigenvalue weighted by molar-refractivity contribution is 0.424. The van der Waals surface area contributed by atoms with Crippen molar-refractivity contribution in [2.45, 2.75) is 19.3 Å². The number of ether oxygens (including phenoxy) is 1. The molecule has 0 radical (unpaired) electrons. The fourth-order valence-corrected chi connectivity index (χ4v) is 9.07. The van der Waals surface area contributed by atoms with Crippen molar-refractivity contribution in [2.75, 3.05) is 0 Å². The monoisotopic (exact) mass is 618 g/mol. The molecule has 0 spiro atoms. The van der Waals surface area contributed by atoms with Crippen LogP contribution in [0.5, 0.6) is 11.5 Å². The zero-order valence-corrected chi connectivity index (χ0v) is 27.0. The Bertz CT molecular complexity index is 2710. The normalized spacial score (nSPS) is 13.7. The van der Waals surface area contributed by atoms with Crippen LogP contribution in [0, 0.1) is 0 Å². The summed E-state index contributed by atoms with van der Waals surface area (Å²) in [5.74, 6) is 1.95. The van der Waals surface area contributed by atoms with Crippen molar-refractivity contribution in [2.24, 2.45) is 0 Å². The quantitative estimate of drug-likeness (QED) is 0.175. The van der Waals surface area contributed by atoms with Gasteiger partial charge in [0.25, 0.3) is 0 Å². The standard InChI is InChI=1S/C45H30OS/c1-45(2)39-22-19-30(26-41(39)46-43-40(45)23-21-37-36-16-7-8-17-42(36)47-44(37)43)28-11-9-10-27(24-28)29-18-20-35-33-14-4-3-12-31(33)32-13-5-6-15-34(32)38(35)25-29/h3-26H,1-2H3. The lowest BCUT2D eigenvalue weighted by atomic mass is 9.75. The first-order valence-electron chi connectivity index (χ1n) is 16.3. The van der Waals surface area contributed by atoms with Crippen LogP contribution in [0.4, 0.5) is 0 Å². The second kappa shape index (κ2) is 9.78. The molecule has 1 aliphatic rings. The van der Waals surface area contributed by atoms with Crippen molar-refractivity contribution in [1.82, 2.24) is 0 Å². The largest absolute Gasteiger partial charge is 0.455 e. The Labute approximate surface area is 277 Å². The summed E-state index contributed by atoms with van der Waals surface area (Å²) in [6.45, 7) is 4.64. The first-order valence-corrected chi connectivity index (χ1v) is 17.1. The van der Waals surface area contributed by atoms with E-state index in [4.69, 9.17) is 4.74 Å². The Balaban J connectivity index is 1.09. The van der Waals surface area contributed by atoms with E-state index in [-0.39, 0.29) is 5.41 Å². The van der Waals surface area contributed by atoms with Crippen molar-refractivity contribution in [1.29, 1.82) is 0 Å². The lowest BCUT2D eigenvalue weighted by Gasteiger charge is -2.35. The summed E-state index contributed by atoms with van der Waals surface area (Å²) in [7, 11) is 0. The van der Waals surface area contributed by atoms with Crippen LogP contribution in [0.25, 0.3) is 74.7 Å². The molecule has 47 heavy (non-hydrogen) atoms. The Kier molecular flexibility index (Phi) is 5.57. The highest BCUT2D eigenvalue weighted by atomic mass is 32.1. The molecule has 0 N–H and O–H groups in total. The van der Waals surface area contributed by atoms with Crippen LogP contribution in [-0.4, -0.2) is 0 Å². The smallest absolute Gasteiger partial charge is 0.149 e. The van der Waals surface area contributed by atoms with Crippen LogP contribution in [0.1, 0.15) is 25.0 Å². The molecule has 222 valence electrons. The van der Waals surface area contributed by atoms with E-state index in [1.807, 2.05) is 11.3 Å². The van der Waals surface area contributed by atoms with Gasteiger partial charge in [-0.3, -0.25) is 0 Å². The molecule has 0 bridgehead atoms. The second-order valence-corrected chi connectivity index (χ2v) is 14.3. The number of rotatable bonds is 2. The van der Waals surface area contributed by atoms with E-state index in [0.29, 0.717) is 0 Å². The molecule has 2 heterocycles. The number of hydrogen-bond acceptors (Lipinski definition) is 2. The highest BCUT2D eigenvalue weighted by molar-refractivity contribution is 7.26. The van der Waals surface area contributed by atoms with Gasteiger partial charge in [-0.05, 0) is 78.8 Å². The summed E-state index contributed by atoms with van der Waals surface area (Å²) >= 11 is 1.83. The maximum Gasteiger partial charge on any atom is 0.149 e. The molecule has 0 saturated carbocycles. The van der Waals surface area contributed by atoms with Gasteiger partial charge in [-0.1, -0.05) is 135 Å². The van der Waals surface area contributed by atoms with Crippen molar-refractivity contribution in [3.63, 3.8) is 0 Å². The zero-order chi connectivity index (χ0) is 31.3. The molecule has 8 aromatic carbocycles. The van der Waals surface area contributed by atoms with E-state index in [1.165, 1.54) is 80.3 Å². The van der Waals surface area contributed by atoms with E-state index < -0.39 is 0 Å². The minimum atomic E-state index is -0.175. The van der Waals surface area contributed by atoms with Crippen LogP contribution in [0.15, 0.2) is 146 Å². The zero-order valence-electron chi connectivity index (χ0n) is 26.2. The fraction of sp³-hybridized carbons (Fsp3) is 0.0667. The second-order valence-electron chi connectivity index (χ2n) is 13.3. The average Bonchev–Trinajstić information content (AvgIpc) is 3.51. The minimum absolute atomic E-state index is 0.175. The third-order valence-corrected chi connectivity index (χ3v) is 11.5. The van der Waals surface area contributed by atoms with Crippen LogP contribution in [0.2, 0.25) is 0 Å². The summed E-state index contributed by atoms with van der Waals surface area (Å²) in [6, 6.07) is 53.4. The molecule has 10 rings (SSSR count). The Hall–Kier alpha value is -5.44. The molecule has 0 fully saturated rings. The Morgan fingerprint density at radius 1 is 0.426 bits per heavy atom. The highest BCUT2D eigenvalue weighted by Gasteiger charge is 2.36. The summed E-state index contributed by atoms with van der Waals surface area (Å²) in [5, 5.41) is 10.3. The van der Waals surface area contributed by atoms with Gasteiger partial charge in [0.05, 0.1) is 4.70 Å². The Morgan fingerprint density at radius 3 is 1.68 bits per heavy atom. The summed E-state index contributed by atoms with van der Waals surface area (Å²) in [4.78, 5) is 0. The maximum atomic E-state index is 6.87. The molecule has 0 atom stereocenters. The highest BCUT2D eigenvalue weighted by Crippen LogP contribution is 2.53. The van der Waals surface area contributed by atoms with Gasteiger partial charge in [-0.2, -0.15) is 0 Å². The molecule has 1 nitrogen and oxygen atoms in total. The van der Waals surface area contributed by atoms with Crippen LogP contribution in [-0.2, 0) is 5.41 Å². The molecule has 2 heteroatoms. The van der Waals surface area contributed by atoms with Gasteiger partial charge in [-0.15, -0.1) is 11.3 Å². The van der Waals surface area contributed by atoms with E-state index in [9.17, 15) is 0 Å². The summed E-state index contributed by atoms with van der Waals surface area (Å²) < 4.78 is 9.39. The molecule has 0 unspecified atom stereocenters. The predicted molar refractivity (Wildman–Crippen MR) is 201 cm³/mol. The van der Waals surface area contributed by atoms with Gasteiger partial charge < -0.3 is 4.74 Å². The van der Waals surface area contributed by atoms with E-state index in [1.54, 1.807) is 0 Å². The molecule has 1 aromatic heterocycles. The van der Waals surface area contributed by atoms with Gasteiger partial charge in [0.15, 0.2) is 0 Å². The predicted octanol–water partition coefficient (Wildman–Crippen LogP) is 13.3. The van der Waals surface area contributed by atoms with Crippen molar-refractivity contribution in [3.8, 4) is 33.8 Å². The van der Waals surface area contributed by atoms with E-state index in [2.05, 4.69) is 159 Å². The number of thiophene rings is 1. The molecule has 0 saturated heterocycles. The number of fused-ring (bicyclic) bond motifs is 12. The van der Waals surface area contributed by atoms with Crippen LogP contribution < -0.4 is 4.74 Å². The summed E-state index contributed by atoms with van der Waals surface area (Å²) in [6.07, 6.45) is 0. The molecular weight excluding hydrogens is 589 g/mol. The van der Waals surface area contributed by atoms with Gasteiger partial charge >= 0.3 is 0 Å². The van der Waals surface area contributed by atoms with Gasteiger partial charge in [0.2, 0.25) is 0 Å². The molecule has 0 amide bonds. The molecular formula is C45H30OS. The fourth-order valence-electron chi connectivity index (χ4n) is 7.88. The third kappa shape index (κ3) is 3.89. The molecule has 0 aliphatic carbocycles. The first-order chi connectivity index (χ1) is 23.0. The Morgan fingerprint density at radius 2 is 0.957 bits per heavy atom. The van der Waals surface area contributed by atoms with Crippen molar-refractivity contribution < 1.29 is 4.74 Å². The minimum Gasteiger partial charge on any atom is -0.455 e. The van der Waals surface area contributed by atoms with E-state index >= 15 is 0 Å². The van der Waals surface area contributed by atoms with Crippen LogP contribution in [0.3, 0.4) is 0 Å². The van der Waals surface area contributed by atoms with Gasteiger partial charge in [0, 0.05) is 32.0 Å². The van der Waals surface area contributed by atoms with Crippen LogP contribution >= 0.6 is 11.3 Å². The van der Waals surface area contributed by atoms with Crippen molar-refractivity contribution in [3.05, 3.63) is 157 Å². The SMILES string of the molecule is CC1(C)c2ccc(-c3cccc(-c4ccc5c6ccccc6c6ccccc6c5c4)c3)cc2Oc2c1ccc1c2sc2ccccc21. The topological polar surface area (TPSA) is 9.23 Å². The first kappa shape index (κ1) is 26.7. The number of benzene rings is 8. The third-order valence-electron chi connectivity index (χ3n) is 10.3. The van der Waals surface area contributed by atoms with Crippen molar-refractivity contribution >= 4 is 63.8 Å². The molecule has 9 aromatic rings. The molecule has 1 aliphatic heterocycles. The van der Waals surface area contributed by atoms with Gasteiger partial charge in [-0.25, -0.2) is 0 Å². The summed E-state index contributed by atoms with van der Waals surface area (Å²) in [5.41, 5.74) is 7.06. The number of hydrogen-bond donors (Lipinski definition) is 0.